The van der Waals surface area contributed by atoms with E-state index in [-0.39, 0.29) is 64.4 Å². The summed E-state index contributed by atoms with van der Waals surface area (Å²) in [5.41, 5.74) is 10.2. The second-order valence-corrected chi connectivity index (χ2v) is 40.3. The Kier molecular flexibility index (Phi) is 42.7. The maximum Gasteiger partial charge on any atom is 0.410 e. The zero-order valence-electron chi connectivity index (χ0n) is 80.2. The second kappa shape index (κ2) is 55.4. The highest BCUT2D eigenvalue weighted by Gasteiger charge is 2.33. The molecule has 6 aliphatic heterocycles. The van der Waals surface area contributed by atoms with E-state index in [4.69, 9.17) is 27.9 Å². The number of ether oxygens (including phenoxy) is 1. The van der Waals surface area contributed by atoms with Crippen LogP contribution in [0.25, 0.3) is 0 Å². The standard InChI is InChI=1S/C21H25NO.C20H22ClNO.C20H21F2NO.C20H22FNO.C18H20ClNOS.C18H26FNO2/c1-17-7-5-6-10-20(17)15-21(23)19-11-13-22(14-12-19)16-18-8-3-2-4-9-18;21-19-9-5-4-8-18(19)20(23)14-16-10-12-22(13-11-16)15-17-6-2-1-3-7-17;21-18-7-4-8-19(22)17(18)13-20(24)16-9-11-23(12-10-16)14-15-5-2-1-3-6-15;21-19-9-5-4-8-18(19)20(23)14-16-10-12-22(13-11-16)15-17-6-2-1-3-7-17;19-16-8-11-22-18(16)17(21)12-14-6-9-20(10-7-14)13-15-4-2-1-3-5-15;1-18(2,3)22-17(21)20-12-6-7-14(13-20)10-11-15-8-4-5-9-16(15)19/h2-10,19H,11-16H2,1H3;1-9,16H,10-15H2;1-8,16H,9-14H2;1-9,16H,10-15H2;1-5,8,11,14H,6-7,9-10,12-13H2;4-5,8-9,14H,6-7,10-13H2,1-3H3. The van der Waals surface area contributed by atoms with E-state index in [1.165, 1.54) is 80.6 Å². The summed E-state index contributed by atoms with van der Waals surface area (Å²) >= 11 is 13.6. The molecule has 11 aromatic rings. The van der Waals surface area contributed by atoms with E-state index in [1.807, 2.05) is 98.9 Å². The van der Waals surface area contributed by atoms with Crippen LogP contribution in [0.1, 0.15) is 204 Å². The van der Waals surface area contributed by atoms with E-state index in [0.29, 0.717) is 77.3 Å². The molecular formula is C117H136Cl2F4N6O7S. The van der Waals surface area contributed by atoms with Gasteiger partial charge < -0.3 is 9.64 Å². The fraction of sp³-hybridized carbons (Fsp3) is 0.402. The van der Waals surface area contributed by atoms with E-state index < -0.39 is 23.1 Å². The number of halogens is 6. The van der Waals surface area contributed by atoms with Gasteiger partial charge in [-0.05, 0) is 305 Å². The van der Waals surface area contributed by atoms with E-state index in [1.54, 1.807) is 35.2 Å². The zero-order chi connectivity index (χ0) is 96.7. The number of hydrogen-bond acceptors (Lipinski definition) is 13. The summed E-state index contributed by atoms with van der Waals surface area (Å²) in [6, 6.07) is 86.8. The Morgan fingerprint density at radius 2 is 0.715 bits per heavy atom. The zero-order valence-corrected chi connectivity index (χ0v) is 82.5. The maximum atomic E-state index is 13.7. The molecule has 6 saturated heterocycles. The number of thiophene rings is 1. The molecule has 13 nitrogen and oxygen atoms in total. The van der Waals surface area contributed by atoms with Crippen molar-refractivity contribution in [1.29, 1.82) is 0 Å². The van der Waals surface area contributed by atoms with Crippen LogP contribution >= 0.6 is 34.5 Å². The molecule has 1 atom stereocenters. The lowest BCUT2D eigenvalue weighted by Gasteiger charge is -2.34. The molecule has 0 spiro atoms. The van der Waals surface area contributed by atoms with Crippen LogP contribution in [-0.4, -0.2) is 149 Å². The van der Waals surface area contributed by atoms with Gasteiger partial charge in [0.2, 0.25) is 0 Å². The van der Waals surface area contributed by atoms with Gasteiger partial charge in [-0.1, -0.05) is 248 Å². The highest BCUT2D eigenvalue weighted by Crippen LogP contribution is 2.34. The predicted octanol–water partition coefficient (Wildman–Crippen LogP) is 26.4. The maximum absolute atomic E-state index is 13.7. The van der Waals surface area contributed by atoms with Gasteiger partial charge in [-0.15, -0.1) is 11.3 Å². The number of benzene rings is 10. The van der Waals surface area contributed by atoms with Crippen molar-refractivity contribution in [1.82, 2.24) is 29.4 Å². The highest BCUT2D eigenvalue weighted by molar-refractivity contribution is 7.12. The van der Waals surface area contributed by atoms with Crippen molar-refractivity contribution in [3.05, 3.63) is 378 Å². The monoisotopic (exact) mass is 1910 g/mol. The van der Waals surface area contributed by atoms with Crippen molar-refractivity contribution in [2.75, 3.05) is 78.5 Å². The summed E-state index contributed by atoms with van der Waals surface area (Å²) in [5.74, 6) is 0.771. The Morgan fingerprint density at radius 1 is 0.358 bits per heavy atom. The molecule has 1 unspecified atom stereocenters. The average Bonchev–Trinajstić information content (AvgIpc) is 1.66. The van der Waals surface area contributed by atoms with Gasteiger partial charge in [0.15, 0.2) is 17.3 Å². The number of hydrogen-bond donors (Lipinski definition) is 0. The van der Waals surface area contributed by atoms with Gasteiger partial charge in [0, 0.05) is 101 Å². The van der Waals surface area contributed by atoms with Gasteiger partial charge >= 0.3 is 6.09 Å². The number of likely N-dealkylation sites (tertiary alicyclic amines) is 6. The van der Waals surface area contributed by atoms with Crippen LogP contribution in [0.3, 0.4) is 0 Å². The normalized spacial score (nSPS) is 16.9. The Bertz CT molecular complexity index is 5380. The predicted molar refractivity (Wildman–Crippen MR) is 546 cm³/mol. The molecule has 0 N–H and O–H groups in total. The topological polar surface area (TPSA) is 131 Å². The molecule has 1 amide bonds. The molecule has 6 aliphatic rings. The molecule has 20 heteroatoms. The Hall–Kier alpha value is -10.4. The number of carbonyl (C=O) groups excluding carboxylic acids is 6. The molecule has 7 heterocycles. The number of carbonyl (C=O) groups is 6. The van der Waals surface area contributed by atoms with Crippen molar-refractivity contribution in [3.8, 4) is 0 Å². The number of amides is 1. The summed E-state index contributed by atoms with van der Waals surface area (Å²) in [6.07, 6.45) is 15.5. The second-order valence-electron chi connectivity index (χ2n) is 38.6. The van der Waals surface area contributed by atoms with E-state index >= 15 is 0 Å². The first-order valence-corrected chi connectivity index (χ1v) is 50.9. The first-order chi connectivity index (χ1) is 66.4. The van der Waals surface area contributed by atoms with E-state index in [9.17, 15) is 46.3 Å². The molecule has 0 aliphatic carbocycles. The number of Topliss-reactive ketones (excluding diaryl/α,β-unsaturated/α-hetero) is 5. The van der Waals surface area contributed by atoms with Crippen LogP contribution in [0.4, 0.5) is 22.4 Å². The van der Waals surface area contributed by atoms with Crippen LogP contribution in [-0.2, 0) is 66.3 Å². The van der Waals surface area contributed by atoms with Crippen molar-refractivity contribution in [2.24, 2.45) is 35.5 Å². The molecule has 137 heavy (non-hydrogen) atoms. The minimum absolute atomic E-state index is 0.0571. The van der Waals surface area contributed by atoms with Crippen molar-refractivity contribution in [2.45, 2.75) is 188 Å². The molecule has 0 radical (unpaired) electrons. The van der Waals surface area contributed by atoms with Crippen molar-refractivity contribution >= 4 is 69.5 Å². The number of nitrogens with zero attached hydrogens (tertiary/aromatic N) is 6. The number of piperidine rings is 6. The lowest BCUT2D eigenvalue weighted by Crippen LogP contribution is -2.43. The van der Waals surface area contributed by atoms with Crippen LogP contribution in [0.2, 0.25) is 10.0 Å². The smallest absolute Gasteiger partial charge is 0.410 e. The van der Waals surface area contributed by atoms with Crippen molar-refractivity contribution < 1.29 is 51.1 Å². The summed E-state index contributed by atoms with van der Waals surface area (Å²) in [4.78, 5) is 88.7. The molecule has 0 saturated carbocycles. The molecule has 1 aromatic heterocycles. The van der Waals surface area contributed by atoms with Gasteiger partial charge in [-0.3, -0.25) is 48.5 Å². The Morgan fingerprint density at radius 3 is 1.12 bits per heavy atom. The minimum Gasteiger partial charge on any atom is -0.444 e. The summed E-state index contributed by atoms with van der Waals surface area (Å²) in [6.45, 7) is 24.1. The van der Waals surface area contributed by atoms with Gasteiger partial charge in [0.05, 0.1) is 20.5 Å². The summed E-state index contributed by atoms with van der Waals surface area (Å²) in [7, 11) is 0. The summed E-state index contributed by atoms with van der Waals surface area (Å²) in [5, 5.41) is 3.06. The summed E-state index contributed by atoms with van der Waals surface area (Å²) < 4.78 is 60.1. The third kappa shape index (κ3) is 35.8. The fourth-order valence-corrected chi connectivity index (χ4v) is 20.4. The molecule has 724 valence electrons. The first kappa shape index (κ1) is 106. The van der Waals surface area contributed by atoms with Crippen molar-refractivity contribution in [3.63, 3.8) is 0 Å². The number of aryl methyl sites for hydroxylation is 2. The van der Waals surface area contributed by atoms with Gasteiger partial charge in [-0.2, -0.15) is 0 Å². The molecule has 17 rings (SSSR count). The van der Waals surface area contributed by atoms with E-state index in [2.05, 4.69) is 171 Å². The molecule has 0 bridgehead atoms. The number of rotatable bonds is 28. The quantitative estimate of drug-likeness (QED) is 0.0342. The minimum atomic E-state index is -0.634. The fourth-order valence-electron chi connectivity index (χ4n) is 19.1. The Balaban J connectivity index is 0.000000148. The lowest BCUT2D eigenvalue weighted by molar-refractivity contribution is -0.124. The third-order valence-corrected chi connectivity index (χ3v) is 28.8. The van der Waals surface area contributed by atoms with Crippen LogP contribution < -0.4 is 0 Å². The average molecular weight is 1920 g/mol. The molecule has 6 fully saturated rings. The van der Waals surface area contributed by atoms with Crippen LogP contribution in [0, 0.1) is 65.7 Å². The SMILES string of the molecule is CC(C)(C)OC(=O)N1CCCC(CCc2ccccc2F)C1.Cc1ccccc1CC(=O)C1CCN(Cc2ccccc2)CC1.O=C(CC1CCN(Cc2ccccc2)CC1)c1ccccc1Cl.O=C(CC1CCN(Cc2ccccc2)CC1)c1ccccc1F.O=C(CC1CCN(Cc2ccccc2)CC1)c1sccc1Cl.O=C(Cc1c(F)cccc1F)C1CCN(Cc2ccccc2)CC1. The van der Waals surface area contributed by atoms with Gasteiger partial charge in [0.1, 0.15) is 40.4 Å². The van der Waals surface area contributed by atoms with Crippen LogP contribution in [0.5, 0.6) is 0 Å². The lowest BCUT2D eigenvalue weighted by atomic mass is 9.88. The van der Waals surface area contributed by atoms with Gasteiger partial charge in [-0.25, -0.2) is 22.4 Å². The first-order valence-electron chi connectivity index (χ1n) is 49.2. The largest absolute Gasteiger partial charge is 0.444 e. The highest BCUT2D eigenvalue weighted by atomic mass is 35.5. The Labute approximate surface area is 824 Å². The van der Waals surface area contributed by atoms with Crippen LogP contribution in [0.15, 0.2) is 278 Å². The van der Waals surface area contributed by atoms with Gasteiger partial charge in [0.25, 0.3) is 0 Å². The number of ketones is 5. The third-order valence-electron chi connectivity index (χ3n) is 27.1. The molecule has 10 aromatic carbocycles. The molecular weight excluding hydrogens is 1780 g/mol. The van der Waals surface area contributed by atoms with E-state index in [0.717, 1.165) is 205 Å².